The molecule has 0 amide bonds. The molecule has 2 rings (SSSR count). The molecule has 140 valence electrons. The van der Waals surface area contributed by atoms with Gasteiger partial charge in [0.05, 0.1) is 26.4 Å². The van der Waals surface area contributed by atoms with E-state index in [0.717, 1.165) is 25.5 Å². The van der Waals surface area contributed by atoms with E-state index in [0.29, 0.717) is 38.7 Å². The van der Waals surface area contributed by atoms with Crippen LogP contribution in [0.4, 0.5) is 10.2 Å². The van der Waals surface area contributed by atoms with Gasteiger partial charge in [-0.1, -0.05) is 0 Å². The lowest BCUT2D eigenvalue weighted by molar-refractivity contribution is 0.0748. The van der Waals surface area contributed by atoms with Crippen molar-refractivity contribution in [3.63, 3.8) is 0 Å². The van der Waals surface area contributed by atoms with Gasteiger partial charge in [-0.3, -0.25) is 4.99 Å². The Morgan fingerprint density at radius 3 is 3.08 bits per heavy atom. The van der Waals surface area contributed by atoms with Crippen LogP contribution >= 0.6 is 0 Å². The summed E-state index contributed by atoms with van der Waals surface area (Å²) in [6.45, 7) is 6.56. The minimum Gasteiger partial charge on any atom is -0.382 e. The maximum absolute atomic E-state index is 13.9. The van der Waals surface area contributed by atoms with E-state index in [-0.39, 0.29) is 11.9 Å². The van der Waals surface area contributed by atoms with Crippen LogP contribution in [0.2, 0.25) is 0 Å². The van der Waals surface area contributed by atoms with Crippen LogP contribution in [0.15, 0.2) is 23.3 Å². The number of methoxy groups -OCH3 is 1. The van der Waals surface area contributed by atoms with Crippen molar-refractivity contribution in [2.75, 3.05) is 58.0 Å². The topological polar surface area (TPSA) is 71.0 Å². The largest absolute Gasteiger partial charge is 0.382 e. The number of ether oxygens (including phenoxy) is 2. The molecule has 7 nitrogen and oxygen atoms in total. The molecule has 1 aliphatic heterocycles. The summed E-state index contributed by atoms with van der Waals surface area (Å²) in [5, 5.41) is 6.63. The van der Waals surface area contributed by atoms with Crippen LogP contribution in [0.1, 0.15) is 13.3 Å². The third-order valence-corrected chi connectivity index (χ3v) is 3.85. The number of aliphatic imine (C=N–C) groups is 1. The van der Waals surface area contributed by atoms with Crippen molar-refractivity contribution in [2.45, 2.75) is 19.4 Å². The number of hydrogen-bond donors (Lipinski definition) is 2. The van der Waals surface area contributed by atoms with E-state index >= 15 is 0 Å². The fourth-order valence-corrected chi connectivity index (χ4v) is 2.66. The van der Waals surface area contributed by atoms with Gasteiger partial charge in [-0.05, 0) is 25.5 Å². The smallest absolute Gasteiger partial charge is 0.191 e. The lowest BCUT2D eigenvalue weighted by Crippen LogP contribution is -2.44. The monoisotopic (exact) mass is 353 g/mol. The zero-order chi connectivity index (χ0) is 17.9. The average Bonchev–Trinajstić information content (AvgIpc) is 3.07. The number of nitrogens with zero attached hydrogens (tertiary/aromatic N) is 3. The molecule has 0 saturated carbocycles. The first-order valence-corrected chi connectivity index (χ1v) is 8.71. The first-order chi connectivity index (χ1) is 12.2. The molecular formula is C17H28FN5O2. The Labute approximate surface area is 148 Å². The van der Waals surface area contributed by atoms with Gasteiger partial charge < -0.3 is 25.0 Å². The van der Waals surface area contributed by atoms with E-state index in [9.17, 15) is 4.39 Å². The van der Waals surface area contributed by atoms with Crippen molar-refractivity contribution in [3.8, 4) is 0 Å². The SMILES string of the molecule is CCNC(=NCCOCCOC)NC1CCN(c2ncccc2F)C1. The van der Waals surface area contributed by atoms with Crippen LogP contribution in [0.25, 0.3) is 0 Å². The highest BCUT2D eigenvalue weighted by molar-refractivity contribution is 5.80. The highest BCUT2D eigenvalue weighted by atomic mass is 19.1. The van der Waals surface area contributed by atoms with Crippen LogP contribution in [0, 0.1) is 5.82 Å². The number of pyridine rings is 1. The molecule has 1 unspecified atom stereocenters. The van der Waals surface area contributed by atoms with Gasteiger partial charge in [-0.25, -0.2) is 9.37 Å². The number of rotatable bonds is 9. The Morgan fingerprint density at radius 2 is 2.32 bits per heavy atom. The van der Waals surface area contributed by atoms with Gasteiger partial charge in [0.25, 0.3) is 0 Å². The molecule has 25 heavy (non-hydrogen) atoms. The van der Waals surface area contributed by atoms with Gasteiger partial charge in [-0.2, -0.15) is 0 Å². The molecule has 0 spiro atoms. The zero-order valence-electron chi connectivity index (χ0n) is 15.0. The second-order valence-electron chi connectivity index (χ2n) is 5.75. The fraction of sp³-hybridized carbons (Fsp3) is 0.647. The number of nitrogens with one attached hydrogen (secondary N) is 2. The molecule has 2 N–H and O–H groups in total. The Morgan fingerprint density at radius 1 is 1.44 bits per heavy atom. The summed E-state index contributed by atoms with van der Waals surface area (Å²) in [6, 6.07) is 3.25. The average molecular weight is 353 g/mol. The van der Waals surface area contributed by atoms with Crippen LogP contribution in [0.3, 0.4) is 0 Å². The van der Waals surface area contributed by atoms with Crippen LogP contribution in [-0.2, 0) is 9.47 Å². The second-order valence-corrected chi connectivity index (χ2v) is 5.75. The van der Waals surface area contributed by atoms with E-state index < -0.39 is 0 Å². The predicted molar refractivity (Wildman–Crippen MR) is 96.6 cm³/mol. The van der Waals surface area contributed by atoms with Crippen molar-refractivity contribution in [2.24, 2.45) is 4.99 Å². The number of halogens is 1. The molecule has 0 aromatic carbocycles. The maximum atomic E-state index is 13.9. The number of aromatic nitrogens is 1. The molecule has 1 aromatic heterocycles. The maximum Gasteiger partial charge on any atom is 0.191 e. The third-order valence-electron chi connectivity index (χ3n) is 3.85. The van der Waals surface area contributed by atoms with E-state index in [1.807, 2.05) is 11.8 Å². The van der Waals surface area contributed by atoms with Crippen molar-refractivity contribution in [1.82, 2.24) is 15.6 Å². The van der Waals surface area contributed by atoms with Crippen molar-refractivity contribution in [1.29, 1.82) is 0 Å². The summed E-state index contributed by atoms with van der Waals surface area (Å²) in [4.78, 5) is 10.6. The quantitative estimate of drug-likeness (QED) is 0.392. The van der Waals surface area contributed by atoms with Gasteiger partial charge in [-0.15, -0.1) is 0 Å². The molecule has 1 aliphatic rings. The van der Waals surface area contributed by atoms with Crippen molar-refractivity contribution in [3.05, 3.63) is 24.1 Å². The normalized spacial score (nSPS) is 17.8. The van der Waals surface area contributed by atoms with Gasteiger partial charge in [0.15, 0.2) is 17.6 Å². The second kappa shape index (κ2) is 10.8. The Hall–Kier alpha value is -1.93. The molecular weight excluding hydrogens is 325 g/mol. The van der Waals surface area contributed by atoms with Gasteiger partial charge in [0, 0.05) is 39.0 Å². The zero-order valence-corrected chi connectivity index (χ0v) is 15.0. The summed E-state index contributed by atoms with van der Waals surface area (Å²) in [6.07, 6.45) is 2.53. The predicted octanol–water partition coefficient (Wildman–Crippen LogP) is 1.02. The van der Waals surface area contributed by atoms with E-state index in [1.165, 1.54) is 6.07 Å². The molecule has 8 heteroatoms. The summed E-state index contributed by atoms with van der Waals surface area (Å²) in [5.41, 5.74) is 0. The Kier molecular flexibility index (Phi) is 8.41. The van der Waals surface area contributed by atoms with E-state index in [4.69, 9.17) is 9.47 Å². The summed E-state index contributed by atoms with van der Waals surface area (Å²) < 4.78 is 24.2. The number of hydrogen-bond acceptors (Lipinski definition) is 5. The Balaban J connectivity index is 1.80. The molecule has 0 radical (unpaired) electrons. The lowest BCUT2D eigenvalue weighted by Gasteiger charge is -2.19. The molecule has 1 aromatic rings. The summed E-state index contributed by atoms with van der Waals surface area (Å²) >= 11 is 0. The standard InChI is InChI=1S/C17H28FN5O2/c1-3-19-17(21-8-10-25-12-11-24-2)22-14-6-9-23(13-14)16-15(18)5-4-7-20-16/h4-5,7,14H,3,6,8-13H2,1-2H3,(H2,19,21,22). The fourth-order valence-electron chi connectivity index (χ4n) is 2.66. The number of anilines is 1. The van der Waals surface area contributed by atoms with Gasteiger partial charge in [0.2, 0.25) is 0 Å². The van der Waals surface area contributed by atoms with Gasteiger partial charge in [0.1, 0.15) is 0 Å². The minimum absolute atomic E-state index is 0.202. The molecule has 0 bridgehead atoms. The lowest BCUT2D eigenvalue weighted by atomic mass is 10.3. The minimum atomic E-state index is -0.281. The van der Waals surface area contributed by atoms with E-state index in [1.54, 1.807) is 19.4 Å². The van der Waals surface area contributed by atoms with Crippen LogP contribution in [0.5, 0.6) is 0 Å². The molecule has 2 heterocycles. The van der Waals surface area contributed by atoms with Crippen LogP contribution < -0.4 is 15.5 Å². The number of guanidine groups is 1. The highest BCUT2D eigenvalue weighted by Crippen LogP contribution is 2.20. The Bertz CT molecular complexity index is 544. The van der Waals surface area contributed by atoms with Gasteiger partial charge >= 0.3 is 0 Å². The summed E-state index contributed by atoms with van der Waals surface area (Å²) in [5.74, 6) is 0.892. The molecule has 0 aliphatic carbocycles. The van der Waals surface area contributed by atoms with E-state index in [2.05, 4.69) is 20.6 Å². The molecule has 1 atom stereocenters. The third kappa shape index (κ3) is 6.47. The first kappa shape index (κ1) is 19.4. The van der Waals surface area contributed by atoms with Crippen LogP contribution in [-0.4, -0.2) is 70.1 Å². The highest BCUT2D eigenvalue weighted by Gasteiger charge is 2.25. The van der Waals surface area contributed by atoms with Crippen molar-refractivity contribution < 1.29 is 13.9 Å². The first-order valence-electron chi connectivity index (χ1n) is 8.71. The van der Waals surface area contributed by atoms with Crippen molar-refractivity contribution >= 4 is 11.8 Å². The molecule has 1 saturated heterocycles. The molecule has 1 fully saturated rings. The summed E-state index contributed by atoms with van der Waals surface area (Å²) in [7, 11) is 1.65.